The van der Waals surface area contributed by atoms with Crippen molar-refractivity contribution in [3.05, 3.63) is 41.4 Å². The quantitative estimate of drug-likeness (QED) is 0.935. The highest BCUT2D eigenvalue weighted by atomic mass is 35.5. The highest BCUT2D eigenvalue weighted by Crippen LogP contribution is 2.29. The summed E-state index contributed by atoms with van der Waals surface area (Å²) in [5.41, 5.74) is 1.69. The Morgan fingerprint density at radius 1 is 1.37 bits per heavy atom. The van der Waals surface area contributed by atoms with Crippen molar-refractivity contribution >= 4 is 11.6 Å². The molecule has 0 radical (unpaired) electrons. The van der Waals surface area contributed by atoms with E-state index in [4.69, 9.17) is 16.3 Å². The lowest BCUT2D eigenvalue weighted by atomic mass is 10.0. The number of halogens is 1. The molecular weight excluding hydrogens is 262 g/mol. The number of nitrogens with zero attached hydrogens (tertiary/aromatic N) is 2. The number of imidazole rings is 1. The fourth-order valence-electron chi connectivity index (χ4n) is 1.88. The van der Waals surface area contributed by atoms with E-state index in [0.29, 0.717) is 5.02 Å². The molecule has 102 valence electrons. The number of rotatable bonds is 4. The molecule has 0 atom stereocenters. The van der Waals surface area contributed by atoms with Crippen LogP contribution in [0.2, 0.25) is 5.02 Å². The molecule has 0 aliphatic heterocycles. The van der Waals surface area contributed by atoms with Crippen molar-refractivity contribution in [3.63, 3.8) is 0 Å². The first-order chi connectivity index (χ1) is 8.99. The van der Waals surface area contributed by atoms with Crippen molar-refractivity contribution in [1.29, 1.82) is 0 Å². The van der Waals surface area contributed by atoms with Crippen LogP contribution in [-0.2, 0) is 5.54 Å². The number of nitrogens with one attached hydrogen (secondary N) is 1. The molecule has 1 aromatic heterocycles. The molecule has 1 N–H and O–H groups in total. The molecule has 0 saturated carbocycles. The topological polar surface area (TPSA) is 39.1 Å². The van der Waals surface area contributed by atoms with Crippen molar-refractivity contribution in [1.82, 2.24) is 14.9 Å². The highest BCUT2D eigenvalue weighted by molar-refractivity contribution is 6.32. The first-order valence-corrected chi connectivity index (χ1v) is 6.43. The molecule has 1 heterocycles. The molecule has 0 saturated heterocycles. The number of methoxy groups -OCH3 is 1. The lowest BCUT2D eigenvalue weighted by Gasteiger charge is -2.25. The minimum atomic E-state index is -0.205. The fraction of sp³-hybridized carbons (Fsp3) is 0.357. The summed E-state index contributed by atoms with van der Waals surface area (Å²) < 4.78 is 7.23. The SMILES string of the molecule is CNC(C)(C)c1cncn1-c1cc(OC)ccc1Cl. The normalized spacial score (nSPS) is 11.6. The average Bonchev–Trinajstić information content (AvgIpc) is 2.89. The van der Waals surface area contributed by atoms with E-state index in [1.54, 1.807) is 13.4 Å². The van der Waals surface area contributed by atoms with Crippen molar-refractivity contribution in [2.45, 2.75) is 19.4 Å². The second kappa shape index (κ2) is 5.23. The highest BCUT2D eigenvalue weighted by Gasteiger charge is 2.23. The van der Waals surface area contributed by atoms with Crippen molar-refractivity contribution in [2.75, 3.05) is 14.2 Å². The summed E-state index contributed by atoms with van der Waals surface area (Å²) in [6.07, 6.45) is 3.60. The van der Waals surface area contributed by atoms with Gasteiger partial charge in [-0.2, -0.15) is 0 Å². The maximum atomic E-state index is 6.29. The summed E-state index contributed by atoms with van der Waals surface area (Å²) >= 11 is 6.29. The third-order valence-corrected chi connectivity index (χ3v) is 3.64. The molecule has 0 aliphatic carbocycles. The number of hydrogen-bond donors (Lipinski definition) is 1. The molecule has 0 aliphatic rings. The van der Waals surface area contributed by atoms with Crippen LogP contribution >= 0.6 is 11.6 Å². The molecule has 2 rings (SSSR count). The molecule has 0 spiro atoms. The molecule has 19 heavy (non-hydrogen) atoms. The average molecular weight is 280 g/mol. The van der Waals surface area contributed by atoms with E-state index in [9.17, 15) is 0 Å². The van der Waals surface area contributed by atoms with E-state index in [1.165, 1.54) is 0 Å². The summed E-state index contributed by atoms with van der Waals surface area (Å²) in [7, 11) is 3.56. The van der Waals surface area contributed by atoms with Gasteiger partial charge in [-0.25, -0.2) is 4.98 Å². The fourth-order valence-corrected chi connectivity index (χ4v) is 2.09. The zero-order valence-corrected chi connectivity index (χ0v) is 12.3. The van der Waals surface area contributed by atoms with Gasteiger partial charge in [0.2, 0.25) is 0 Å². The number of aromatic nitrogens is 2. The van der Waals surface area contributed by atoms with Crippen LogP contribution in [0, 0.1) is 0 Å². The van der Waals surface area contributed by atoms with Crippen LogP contribution in [0.3, 0.4) is 0 Å². The Labute approximate surface area is 118 Å². The third-order valence-electron chi connectivity index (χ3n) is 3.32. The molecular formula is C14H18ClN3O. The van der Waals surface area contributed by atoms with Crippen molar-refractivity contribution in [3.8, 4) is 11.4 Å². The van der Waals surface area contributed by atoms with Gasteiger partial charge in [-0.05, 0) is 33.0 Å². The van der Waals surface area contributed by atoms with Gasteiger partial charge in [-0.15, -0.1) is 0 Å². The monoisotopic (exact) mass is 279 g/mol. The van der Waals surface area contributed by atoms with Gasteiger partial charge in [0.1, 0.15) is 5.75 Å². The largest absolute Gasteiger partial charge is 0.497 e. The van der Waals surface area contributed by atoms with Gasteiger partial charge in [0.25, 0.3) is 0 Å². The second-order valence-electron chi connectivity index (χ2n) is 4.84. The third kappa shape index (κ3) is 2.60. The zero-order valence-electron chi connectivity index (χ0n) is 11.6. The number of benzene rings is 1. The summed E-state index contributed by atoms with van der Waals surface area (Å²) in [5, 5.41) is 3.93. The number of ether oxygens (including phenoxy) is 1. The summed E-state index contributed by atoms with van der Waals surface area (Å²) in [4.78, 5) is 4.23. The first kappa shape index (κ1) is 13.9. The molecule has 0 unspecified atom stereocenters. The maximum absolute atomic E-state index is 6.29. The summed E-state index contributed by atoms with van der Waals surface area (Å²) in [5.74, 6) is 0.765. The molecule has 2 aromatic rings. The van der Waals surface area contributed by atoms with Crippen LogP contribution in [0.4, 0.5) is 0 Å². The molecule has 1 aromatic carbocycles. The maximum Gasteiger partial charge on any atom is 0.121 e. The number of hydrogen-bond acceptors (Lipinski definition) is 3. The molecule has 5 heteroatoms. The van der Waals surface area contributed by atoms with Gasteiger partial charge in [-0.3, -0.25) is 4.57 Å². The van der Waals surface area contributed by atoms with Gasteiger partial charge in [0.15, 0.2) is 0 Å². The van der Waals surface area contributed by atoms with Gasteiger partial charge < -0.3 is 10.1 Å². The molecule has 0 bridgehead atoms. The Kier molecular flexibility index (Phi) is 3.83. The van der Waals surface area contributed by atoms with E-state index < -0.39 is 0 Å². The minimum absolute atomic E-state index is 0.205. The van der Waals surface area contributed by atoms with Gasteiger partial charge in [0.05, 0.1) is 41.6 Å². The lowest BCUT2D eigenvalue weighted by molar-refractivity contribution is 0.413. The van der Waals surface area contributed by atoms with Gasteiger partial charge in [0, 0.05) is 6.07 Å². The summed E-state index contributed by atoms with van der Waals surface area (Å²) in [6.45, 7) is 4.18. The Hall–Kier alpha value is -1.52. The standard InChI is InChI=1S/C14H18ClN3O/c1-14(2,16-3)13-8-17-9-18(13)12-7-10(19-4)5-6-11(12)15/h5-9,16H,1-4H3. The smallest absolute Gasteiger partial charge is 0.121 e. The molecule has 0 amide bonds. The van der Waals surface area contributed by atoms with Crippen LogP contribution < -0.4 is 10.1 Å². The van der Waals surface area contributed by atoms with Crippen LogP contribution in [0.5, 0.6) is 5.75 Å². The van der Waals surface area contributed by atoms with E-state index >= 15 is 0 Å². The van der Waals surface area contributed by atoms with E-state index in [0.717, 1.165) is 17.1 Å². The van der Waals surface area contributed by atoms with E-state index in [-0.39, 0.29) is 5.54 Å². The Bertz CT molecular complexity index is 578. The van der Waals surface area contributed by atoms with Crippen molar-refractivity contribution < 1.29 is 4.74 Å². The molecule has 4 nitrogen and oxygen atoms in total. The van der Waals surface area contributed by atoms with Crippen LogP contribution in [0.15, 0.2) is 30.7 Å². The second-order valence-corrected chi connectivity index (χ2v) is 5.25. The Morgan fingerprint density at radius 2 is 2.11 bits per heavy atom. The Balaban J connectivity index is 2.57. The lowest BCUT2D eigenvalue weighted by Crippen LogP contribution is -2.35. The van der Waals surface area contributed by atoms with Gasteiger partial charge >= 0.3 is 0 Å². The van der Waals surface area contributed by atoms with Gasteiger partial charge in [-0.1, -0.05) is 11.6 Å². The zero-order chi connectivity index (χ0) is 14.0. The Morgan fingerprint density at radius 3 is 2.74 bits per heavy atom. The van der Waals surface area contributed by atoms with Crippen LogP contribution in [0.1, 0.15) is 19.5 Å². The van der Waals surface area contributed by atoms with Crippen LogP contribution in [-0.4, -0.2) is 23.7 Å². The minimum Gasteiger partial charge on any atom is -0.497 e. The predicted molar refractivity (Wildman–Crippen MR) is 77.2 cm³/mol. The van der Waals surface area contributed by atoms with E-state index in [1.807, 2.05) is 36.0 Å². The van der Waals surface area contributed by atoms with Crippen LogP contribution in [0.25, 0.3) is 5.69 Å². The summed E-state index contributed by atoms with van der Waals surface area (Å²) in [6, 6.07) is 5.57. The predicted octanol–water partition coefficient (Wildman–Crippen LogP) is 2.99. The molecule has 0 fully saturated rings. The van der Waals surface area contributed by atoms with Crippen molar-refractivity contribution in [2.24, 2.45) is 0 Å². The van der Waals surface area contributed by atoms with E-state index in [2.05, 4.69) is 24.1 Å². The first-order valence-electron chi connectivity index (χ1n) is 6.05.